The summed E-state index contributed by atoms with van der Waals surface area (Å²) in [4.78, 5) is 29.0. The molecule has 2 heterocycles. The first-order valence-corrected chi connectivity index (χ1v) is 7.97. The van der Waals surface area contributed by atoms with E-state index in [1.54, 1.807) is 18.2 Å². The summed E-state index contributed by atoms with van der Waals surface area (Å²) in [5.74, 6) is -0.232. The van der Waals surface area contributed by atoms with E-state index in [1.807, 2.05) is 0 Å². The summed E-state index contributed by atoms with van der Waals surface area (Å²) < 4.78 is 0. The molecule has 2 aliphatic rings. The molecule has 0 radical (unpaired) electrons. The van der Waals surface area contributed by atoms with E-state index in [2.05, 4.69) is 9.89 Å². The van der Waals surface area contributed by atoms with Gasteiger partial charge in [-0.1, -0.05) is 0 Å². The fraction of sp³-hybridized carbons (Fsp3) is 0.333. The minimum Gasteiger partial charge on any atom is -0.351 e. The third kappa shape index (κ3) is 3.19. The van der Waals surface area contributed by atoms with Gasteiger partial charge in [0.15, 0.2) is 5.17 Å². The second kappa shape index (κ2) is 6.31. The van der Waals surface area contributed by atoms with Gasteiger partial charge in [-0.2, -0.15) is 4.99 Å². The smallest absolute Gasteiger partial charge is 0.286 e. The number of piperidine rings is 1. The van der Waals surface area contributed by atoms with Crippen molar-refractivity contribution in [3.63, 3.8) is 0 Å². The van der Waals surface area contributed by atoms with Crippen LogP contribution in [0.15, 0.2) is 34.2 Å². The molecule has 3 rings (SSSR count). The van der Waals surface area contributed by atoms with Gasteiger partial charge in [-0.15, -0.1) is 0 Å². The van der Waals surface area contributed by atoms with Crippen LogP contribution < -0.4 is 0 Å². The molecule has 0 aliphatic carbocycles. The Balaban J connectivity index is 1.73. The predicted octanol–water partition coefficient (Wildman–Crippen LogP) is 3.05. The number of carbonyl (C=O) groups is 1. The molecule has 1 aromatic carbocycles. The second-order valence-corrected chi connectivity index (χ2v) is 6.22. The van der Waals surface area contributed by atoms with Crippen molar-refractivity contribution in [1.29, 1.82) is 0 Å². The number of benzene rings is 1. The fourth-order valence-electron chi connectivity index (χ4n) is 2.46. The van der Waals surface area contributed by atoms with Crippen LogP contribution in [0.3, 0.4) is 0 Å². The number of nitro benzene ring substituents is 1. The lowest BCUT2D eigenvalue weighted by Gasteiger charge is -2.27. The Labute approximate surface area is 132 Å². The summed E-state index contributed by atoms with van der Waals surface area (Å²) >= 11 is 1.38. The van der Waals surface area contributed by atoms with Gasteiger partial charge in [-0.3, -0.25) is 14.9 Å². The number of likely N-dealkylation sites (tertiary alicyclic amines) is 1. The molecule has 0 N–H and O–H groups in total. The molecule has 1 aromatic rings. The number of non-ortho nitro benzene ring substituents is 1. The van der Waals surface area contributed by atoms with Crippen LogP contribution in [0.2, 0.25) is 0 Å². The van der Waals surface area contributed by atoms with Crippen LogP contribution in [0.1, 0.15) is 24.8 Å². The molecule has 0 saturated carbocycles. The molecule has 0 atom stereocenters. The zero-order chi connectivity index (χ0) is 15.5. The standard InChI is InChI=1S/C15H15N3O3S/c19-14-13(10-11-4-6-12(7-5-11)18(20)21)22-15(16-14)17-8-2-1-3-9-17/h4-7,10H,1-3,8-9H2. The van der Waals surface area contributed by atoms with Crippen molar-refractivity contribution in [3.8, 4) is 0 Å². The normalized spacial score (nSPS) is 20.4. The van der Waals surface area contributed by atoms with E-state index in [0.717, 1.165) is 36.7 Å². The van der Waals surface area contributed by atoms with Crippen LogP contribution in [-0.4, -0.2) is 34.0 Å². The SMILES string of the molecule is O=C1N=C(N2CCCCC2)SC1=Cc1ccc([N+](=O)[O-])cc1. The molecule has 114 valence electrons. The van der Waals surface area contributed by atoms with Crippen LogP contribution in [0.25, 0.3) is 6.08 Å². The Morgan fingerprint density at radius 3 is 2.50 bits per heavy atom. The molecule has 0 bridgehead atoms. The number of amides is 1. The Bertz CT molecular complexity index is 661. The molecule has 1 amide bonds. The van der Waals surface area contributed by atoms with Crippen LogP contribution in [0.5, 0.6) is 0 Å². The van der Waals surface area contributed by atoms with E-state index in [4.69, 9.17) is 0 Å². The summed E-state index contributed by atoms with van der Waals surface area (Å²) in [5.41, 5.74) is 0.800. The fourth-order valence-corrected chi connectivity index (χ4v) is 3.43. The van der Waals surface area contributed by atoms with E-state index in [-0.39, 0.29) is 11.6 Å². The van der Waals surface area contributed by atoms with E-state index >= 15 is 0 Å². The predicted molar refractivity (Wildman–Crippen MR) is 86.5 cm³/mol. The molecule has 6 nitrogen and oxygen atoms in total. The van der Waals surface area contributed by atoms with Crippen molar-refractivity contribution < 1.29 is 9.72 Å². The van der Waals surface area contributed by atoms with Crippen molar-refractivity contribution in [2.24, 2.45) is 4.99 Å². The lowest BCUT2D eigenvalue weighted by Crippen LogP contribution is -2.33. The Hall–Kier alpha value is -2.15. The van der Waals surface area contributed by atoms with Gasteiger partial charge in [0.2, 0.25) is 0 Å². The molecule has 0 aromatic heterocycles. The quantitative estimate of drug-likeness (QED) is 0.476. The van der Waals surface area contributed by atoms with Crippen molar-refractivity contribution in [2.45, 2.75) is 19.3 Å². The highest BCUT2D eigenvalue weighted by Gasteiger charge is 2.26. The average molecular weight is 317 g/mol. The Morgan fingerprint density at radius 2 is 1.86 bits per heavy atom. The monoisotopic (exact) mass is 317 g/mol. The molecule has 1 fully saturated rings. The maximum atomic E-state index is 12.0. The minimum absolute atomic E-state index is 0.0396. The number of amidine groups is 1. The van der Waals surface area contributed by atoms with Crippen molar-refractivity contribution in [3.05, 3.63) is 44.8 Å². The molecule has 7 heteroatoms. The Kier molecular flexibility index (Phi) is 4.24. The zero-order valence-corrected chi connectivity index (χ0v) is 12.7. The topological polar surface area (TPSA) is 75.8 Å². The summed E-state index contributed by atoms with van der Waals surface area (Å²) in [6, 6.07) is 6.14. The lowest BCUT2D eigenvalue weighted by molar-refractivity contribution is -0.384. The summed E-state index contributed by atoms with van der Waals surface area (Å²) in [6.45, 7) is 1.90. The number of nitro groups is 1. The molecular formula is C15H15N3O3S. The first-order valence-electron chi connectivity index (χ1n) is 7.15. The number of hydrogen-bond acceptors (Lipinski definition) is 5. The molecule has 22 heavy (non-hydrogen) atoms. The molecule has 0 spiro atoms. The molecule has 2 aliphatic heterocycles. The third-order valence-corrected chi connectivity index (χ3v) is 4.68. The second-order valence-electron chi connectivity index (χ2n) is 5.21. The van der Waals surface area contributed by atoms with E-state index in [9.17, 15) is 14.9 Å². The van der Waals surface area contributed by atoms with Crippen molar-refractivity contribution >= 4 is 34.6 Å². The van der Waals surface area contributed by atoms with Crippen LogP contribution in [-0.2, 0) is 4.79 Å². The third-order valence-electron chi connectivity index (χ3n) is 3.64. The number of rotatable bonds is 2. The van der Waals surface area contributed by atoms with Gasteiger partial charge in [-0.05, 0) is 54.8 Å². The highest BCUT2D eigenvalue weighted by atomic mass is 32.2. The molecule has 0 unspecified atom stereocenters. The van der Waals surface area contributed by atoms with E-state index in [1.165, 1.54) is 30.3 Å². The maximum absolute atomic E-state index is 12.0. The summed E-state index contributed by atoms with van der Waals surface area (Å²) in [5, 5.41) is 11.4. The van der Waals surface area contributed by atoms with E-state index in [0.29, 0.717) is 4.91 Å². The zero-order valence-electron chi connectivity index (χ0n) is 11.9. The summed E-state index contributed by atoms with van der Waals surface area (Å²) in [7, 11) is 0. The summed E-state index contributed by atoms with van der Waals surface area (Å²) in [6.07, 6.45) is 5.23. The van der Waals surface area contributed by atoms with Gasteiger partial charge in [0.25, 0.3) is 11.6 Å². The number of nitrogens with zero attached hydrogens (tertiary/aromatic N) is 3. The van der Waals surface area contributed by atoms with Crippen LogP contribution >= 0.6 is 11.8 Å². The molecular weight excluding hydrogens is 302 g/mol. The number of aliphatic imine (C=N–C) groups is 1. The first kappa shape index (κ1) is 14.8. The van der Waals surface area contributed by atoms with Gasteiger partial charge in [0.05, 0.1) is 9.83 Å². The van der Waals surface area contributed by atoms with Crippen molar-refractivity contribution in [2.75, 3.05) is 13.1 Å². The highest BCUT2D eigenvalue weighted by Crippen LogP contribution is 2.31. The van der Waals surface area contributed by atoms with Crippen LogP contribution in [0, 0.1) is 10.1 Å². The Morgan fingerprint density at radius 1 is 1.18 bits per heavy atom. The van der Waals surface area contributed by atoms with E-state index < -0.39 is 4.92 Å². The molecule has 1 saturated heterocycles. The van der Waals surface area contributed by atoms with Gasteiger partial charge in [0.1, 0.15) is 0 Å². The first-order chi connectivity index (χ1) is 10.6. The van der Waals surface area contributed by atoms with Crippen LogP contribution in [0.4, 0.5) is 5.69 Å². The lowest BCUT2D eigenvalue weighted by atomic mass is 10.1. The number of thioether (sulfide) groups is 1. The van der Waals surface area contributed by atoms with Crippen molar-refractivity contribution in [1.82, 2.24) is 4.90 Å². The van der Waals surface area contributed by atoms with Gasteiger partial charge >= 0.3 is 0 Å². The van der Waals surface area contributed by atoms with Gasteiger partial charge in [0, 0.05) is 25.2 Å². The van der Waals surface area contributed by atoms with Gasteiger partial charge < -0.3 is 4.90 Å². The number of hydrogen-bond donors (Lipinski definition) is 0. The largest absolute Gasteiger partial charge is 0.351 e. The highest BCUT2D eigenvalue weighted by molar-refractivity contribution is 8.18. The number of carbonyl (C=O) groups excluding carboxylic acids is 1. The minimum atomic E-state index is -0.441. The average Bonchev–Trinajstić information content (AvgIpc) is 2.90. The van der Waals surface area contributed by atoms with Gasteiger partial charge in [-0.25, -0.2) is 0 Å². The maximum Gasteiger partial charge on any atom is 0.286 e.